The lowest BCUT2D eigenvalue weighted by molar-refractivity contribution is -0.274. The van der Waals surface area contributed by atoms with Crippen LogP contribution in [0.3, 0.4) is 0 Å². The van der Waals surface area contributed by atoms with Crippen molar-refractivity contribution in [3.05, 3.63) is 42.4 Å². The van der Waals surface area contributed by atoms with Crippen LogP contribution in [-0.2, 0) is 7.05 Å². The molecule has 0 unspecified atom stereocenters. The summed E-state index contributed by atoms with van der Waals surface area (Å²) < 4.78 is 41.9. The number of hydrogen-bond donors (Lipinski definition) is 1. The number of nitrogens with one attached hydrogen (secondary N) is 1. The second-order valence-electron chi connectivity index (χ2n) is 4.90. The van der Waals surface area contributed by atoms with Crippen molar-refractivity contribution in [3.8, 4) is 5.75 Å². The van der Waals surface area contributed by atoms with Crippen molar-refractivity contribution in [2.75, 3.05) is 5.32 Å². The Hall–Kier alpha value is -3.10. The zero-order valence-corrected chi connectivity index (χ0v) is 12.3. The minimum atomic E-state index is -4.73. The lowest BCUT2D eigenvalue weighted by Crippen LogP contribution is -2.16. The summed E-state index contributed by atoms with van der Waals surface area (Å²) in [6.07, 6.45) is -2.70. The quantitative estimate of drug-likeness (QED) is 0.739. The molecule has 2 aromatic heterocycles. The number of hydrogen-bond acceptors (Lipinski definition) is 5. The number of anilines is 2. The van der Waals surface area contributed by atoms with Gasteiger partial charge in [-0.15, -0.1) is 13.2 Å². The highest BCUT2D eigenvalue weighted by atomic mass is 19.4. The van der Waals surface area contributed by atoms with Crippen LogP contribution < -0.4 is 10.1 Å². The molecule has 0 bridgehead atoms. The van der Waals surface area contributed by atoms with Crippen molar-refractivity contribution in [2.45, 2.75) is 6.36 Å². The highest BCUT2D eigenvalue weighted by Gasteiger charge is 2.30. The zero-order valence-electron chi connectivity index (χ0n) is 12.3. The largest absolute Gasteiger partial charge is 0.573 e. The van der Waals surface area contributed by atoms with E-state index in [1.54, 1.807) is 17.7 Å². The standard InChI is InChI=1S/C15H11F3N4O2/c1-22-10(7-23)6-12-13(19-8-20-14(12)22)21-9-2-4-11(5-3-9)24-15(16,17)18/h2-8H,1H3,(H,19,20,21). The maximum atomic E-state index is 12.2. The molecule has 0 aliphatic carbocycles. The average molecular weight is 336 g/mol. The number of alkyl halides is 3. The molecule has 1 N–H and O–H groups in total. The fourth-order valence-corrected chi connectivity index (χ4v) is 2.24. The molecule has 0 radical (unpaired) electrons. The van der Waals surface area contributed by atoms with Crippen molar-refractivity contribution in [1.82, 2.24) is 14.5 Å². The summed E-state index contributed by atoms with van der Waals surface area (Å²) in [5, 5.41) is 3.61. The van der Waals surface area contributed by atoms with E-state index in [0.29, 0.717) is 34.5 Å². The van der Waals surface area contributed by atoms with Crippen molar-refractivity contribution in [1.29, 1.82) is 0 Å². The van der Waals surface area contributed by atoms with Crippen LogP contribution in [0, 0.1) is 0 Å². The summed E-state index contributed by atoms with van der Waals surface area (Å²) >= 11 is 0. The molecule has 1 aromatic carbocycles. The first-order valence-electron chi connectivity index (χ1n) is 6.76. The highest BCUT2D eigenvalue weighted by molar-refractivity contribution is 5.94. The van der Waals surface area contributed by atoms with Gasteiger partial charge in [0.2, 0.25) is 0 Å². The van der Waals surface area contributed by atoms with Gasteiger partial charge in [-0.1, -0.05) is 0 Å². The Morgan fingerprint density at radius 2 is 1.92 bits per heavy atom. The first kappa shape index (κ1) is 15.8. The van der Waals surface area contributed by atoms with Gasteiger partial charge in [0.05, 0.1) is 11.1 Å². The number of halogens is 3. The number of carbonyl (C=O) groups is 1. The number of carbonyl (C=O) groups excluding carboxylic acids is 1. The summed E-state index contributed by atoms with van der Waals surface area (Å²) in [5.41, 5.74) is 1.51. The number of rotatable bonds is 4. The van der Waals surface area contributed by atoms with E-state index in [1.165, 1.54) is 30.6 Å². The van der Waals surface area contributed by atoms with Crippen LogP contribution in [0.25, 0.3) is 11.0 Å². The Bertz CT molecular complexity index is 888. The van der Waals surface area contributed by atoms with Gasteiger partial charge in [0.15, 0.2) is 6.29 Å². The Balaban J connectivity index is 1.89. The molecule has 9 heteroatoms. The number of fused-ring (bicyclic) bond motifs is 1. The van der Waals surface area contributed by atoms with E-state index in [-0.39, 0.29) is 5.75 Å². The second kappa shape index (κ2) is 5.84. The molecule has 0 saturated heterocycles. The molecule has 0 aliphatic heterocycles. The third-order valence-electron chi connectivity index (χ3n) is 3.33. The summed E-state index contributed by atoms with van der Waals surface area (Å²) in [4.78, 5) is 19.2. The van der Waals surface area contributed by atoms with Gasteiger partial charge >= 0.3 is 6.36 Å². The van der Waals surface area contributed by atoms with Crippen molar-refractivity contribution in [2.24, 2.45) is 7.05 Å². The van der Waals surface area contributed by atoms with Gasteiger partial charge in [-0.25, -0.2) is 9.97 Å². The predicted molar refractivity (Wildman–Crippen MR) is 80.3 cm³/mol. The van der Waals surface area contributed by atoms with Gasteiger partial charge in [-0.2, -0.15) is 0 Å². The molecule has 0 aliphatic rings. The van der Waals surface area contributed by atoms with Crippen molar-refractivity contribution in [3.63, 3.8) is 0 Å². The fourth-order valence-electron chi connectivity index (χ4n) is 2.24. The molecular weight excluding hydrogens is 325 g/mol. The monoisotopic (exact) mass is 336 g/mol. The molecule has 0 spiro atoms. The molecular formula is C15H11F3N4O2. The van der Waals surface area contributed by atoms with Crippen LogP contribution in [0.5, 0.6) is 5.75 Å². The maximum absolute atomic E-state index is 12.2. The van der Waals surface area contributed by atoms with Crippen LogP contribution in [0.1, 0.15) is 10.5 Å². The number of aromatic nitrogens is 3. The topological polar surface area (TPSA) is 69.0 Å². The van der Waals surface area contributed by atoms with Gasteiger partial charge < -0.3 is 14.6 Å². The van der Waals surface area contributed by atoms with Crippen LogP contribution in [0.2, 0.25) is 0 Å². The predicted octanol–water partition coefficient (Wildman–Crippen LogP) is 3.42. The van der Waals surface area contributed by atoms with E-state index >= 15 is 0 Å². The van der Waals surface area contributed by atoms with Crippen LogP contribution in [0.4, 0.5) is 24.7 Å². The van der Waals surface area contributed by atoms with Gasteiger partial charge in [0.1, 0.15) is 23.5 Å². The Morgan fingerprint density at radius 1 is 1.21 bits per heavy atom. The molecule has 3 rings (SSSR count). The normalized spacial score (nSPS) is 11.5. The Morgan fingerprint density at radius 3 is 2.54 bits per heavy atom. The highest BCUT2D eigenvalue weighted by Crippen LogP contribution is 2.27. The molecule has 0 amide bonds. The second-order valence-corrected chi connectivity index (χ2v) is 4.90. The summed E-state index contributed by atoms with van der Waals surface area (Å²) in [7, 11) is 1.70. The minimum Gasteiger partial charge on any atom is -0.406 e. The third kappa shape index (κ3) is 3.14. The zero-order chi connectivity index (χ0) is 17.3. The molecule has 3 aromatic rings. The summed E-state index contributed by atoms with van der Waals surface area (Å²) in [5.74, 6) is 0.122. The van der Waals surface area contributed by atoms with Gasteiger partial charge in [0, 0.05) is 12.7 Å². The maximum Gasteiger partial charge on any atom is 0.573 e. The van der Waals surface area contributed by atoms with E-state index in [9.17, 15) is 18.0 Å². The molecule has 0 saturated carbocycles. The third-order valence-corrected chi connectivity index (χ3v) is 3.33. The van der Waals surface area contributed by atoms with Gasteiger partial charge in [0.25, 0.3) is 0 Å². The van der Waals surface area contributed by atoms with Crippen molar-refractivity contribution >= 4 is 28.8 Å². The Labute approximate surface area is 133 Å². The van der Waals surface area contributed by atoms with Crippen LogP contribution in [0.15, 0.2) is 36.7 Å². The summed E-state index contributed by atoms with van der Waals surface area (Å²) in [6, 6.07) is 6.87. The molecule has 0 fully saturated rings. The first-order chi connectivity index (χ1) is 11.4. The molecule has 2 heterocycles. The molecule has 0 atom stereocenters. The fraction of sp³-hybridized carbons (Fsp3) is 0.133. The smallest absolute Gasteiger partial charge is 0.406 e. The molecule has 24 heavy (non-hydrogen) atoms. The van der Waals surface area contributed by atoms with Gasteiger partial charge in [-0.3, -0.25) is 4.79 Å². The number of ether oxygens (including phenoxy) is 1. The number of nitrogens with zero attached hydrogens (tertiary/aromatic N) is 3. The van der Waals surface area contributed by atoms with E-state index in [0.717, 1.165) is 0 Å². The van der Waals surface area contributed by atoms with Gasteiger partial charge in [-0.05, 0) is 30.3 Å². The molecule has 124 valence electrons. The number of aldehydes is 1. The van der Waals surface area contributed by atoms with Crippen LogP contribution >= 0.6 is 0 Å². The van der Waals surface area contributed by atoms with E-state index in [1.807, 2.05) is 0 Å². The van der Waals surface area contributed by atoms with E-state index < -0.39 is 6.36 Å². The number of aryl methyl sites for hydroxylation is 1. The lowest BCUT2D eigenvalue weighted by Gasteiger charge is -2.10. The average Bonchev–Trinajstić information content (AvgIpc) is 2.85. The SMILES string of the molecule is Cn1c(C=O)cc2c(Nc3ccc(OC(F)(F)F)cc3)ncnc21. The summed E-state index contributed by atoms with van der Waals surface area (Å²) in [6.45, 7) is 0. The van der Waals surface area contributed by atoms with E-state index in [2.05, 4.69) is 20.0 Å². The number of benzene rings is 1. The van der Waals surface area contributed by atoms with E-state index in [4.69, 9.17) is 0 Å². The minimum absolute atomic E-state index is 0.316. The van der Waals surface area contributed by atoms with Crippen LogP contribution in [-0.4, -0.2) is 27.2 Å². The molecule has 6 nitrogen and oxygen atoms in total. The Kier molecular flexibility index (Phi) is 3.84. The van der Waals surface area contributed by atoms with Crippen molar-refractivity contribution < 1.29 is 22.7 Å². The first-order valence-corrected chi connectivity index (χ1v) is 6.76. The lowest BCUT2D eigenvalue weighted by atomic mass is 10.3.